The van der Waals surface area contributed by atoms with E-state index in [1.165, 1.54) is 5.56 Å². The molecule has 2 aromatic carbocycles. The lowest BCUT2D eigenvalue weighted by molar-refractivity contribution is -0.126. The Balaban J connectivity index is 0.000000613. The fourth-order valence-corrected chi connectivity index (χ4v) is 3.56. The molecule has 0 aliphatic heterocycles. The van der Waals surface area contributed by atoms with Gasteiger partial charge in [0, 0.05) is 10.8 Å². The van der Waals surface area contributed by atoms with E-state index in [0.717, 1.165) is 37.0 Å². The SMILES string of the molecule is CCCC(C)(C)C(N)=O.CCOc1ccccc1NC(=O)C(C)(C)CCCOc1cc(C)ccc1C. The quantitative estimate of drug-likeness (QED) is 0.314. The first kappa shape index (κ1) is 31.0. The number of nitrogens with two attached hydrogens (primary N) is 1. The highest BCUT2D eigenvalue weighted by molar-refractivity contribution is 5.96. The summed E-state index contributed by atoms with van der Waals surface area (Å²) in [6, 6.07) is 13.7. The number of anilines is 1. The Labute approximate surface area is 218 Å². The summed E-state index contributed by atoms with van der Waals surface area (Å²) in [5.74, 6) is 1.40. The first-order chi connectivity index (χ1) is 16.8. The van der Waals surface area contributed by atoms with Crippen molar-refractivity contribution in [1.29, 1.82) is 0 Å². The summed E-state index contributed by atoms with van der Waals surface area (Å²) in [5, 5.41) is 3.01. The minimum absolute atomic E-state index is 0.0126. The molecule has 6 nitrogen and oxygen atoms in total. The predicted octanol–water partition coefficient (Wildman–Crippen LogP) is 6.82. The summed E-state index contributed by atoms with van der Waals surface area (Å²) in [6.45, 7) is 16.9. The number of nitrogens with one attached hydrogen (secondary N) is 1. The fraction of sp³-hybridized carbons (Fsp3) is 0.533. The van der Waals surface area contributed by atoms with E-state index in [1.54, 1.807) is 0 Å². The topological polar surface area (TPSA) is 90.7 Å². The molecule has 2 amide bonds. The van der Waals surface area contributed by atoms with Crippen LogP contribution in [0.25, 0.3) is 0 Å². The fourth-order valence-electron chi connectivity index (χ4n) is 3.56. The number of carbonyl (C=O) groups excluding carboxylic acids is 2. The van der Waals surface area contributed by atoms with Gasteiger partial charge >= 0.3 is 0 Å². The summed E-state index contributed by atoms with van der Waals surface area (Å²) in [4.78, 5) is 23.4. The molecule has 0 unspecified atom stereocenters. The molecular weight excluding hydrogens is 452 g/mol. The zero-order valence-corrected chi connectivity index (χ0v) is 23.5. The third kappa shape index (κ3) is 10.3. The van der Waals surface area contributed by atoms with Crippen LogP contribution in [0.15, 0.2) is 42.5 Å². The van der Waals surface area contributed by atoms with Crippen molar-refractivity contribution < 1.29 is 19.1 Å². The van der Waals surface area contributed by atoms with E-state index in [-0.39, 0.29) is 17.2 Å². The zero-order chi connectivity index (χ0) is 27.4. The van der Waals surface area contributed by atoms with Crippen LogP contribution in [-0.4, -0.2) is 25.0 Å². The largest absolute Gasteiger partial charge is 0.493 e. The average Bonchev–Trinajstić information content (AvgIpc) is 2.80. The molecule has 0 spiro atoms. The molecule has 0 heterocycles. The van der Waals surface area contributed by atoms with E-state index in [2.05, 4.69) is 30.4 Å². The van der Waals surface area contributed by atoms with Crippen molar-refractivity contribution >= 4 is 17.5 Å². The van der Waals surface area contributed by atoms with Crippen LogP contribution in [-0.2, 0) is 9.59 Å². The highest BCUT2D eigenvalue weighted by atomic mass is 16.5. The molecule has 6 heteroatoms. The third-order valence-electron chi connectivity index (χ3n) is 6.14. The molecular formula is C30H46N2O4. The normalized spacial score (nSPS) is 11.2. The Morgan fingerprint density at radius 2 is 1.56 bits per heavy atom. The Morgan fingerprint density at radius 1 is 0.889 bits per heavy atom. The van der Waals surface area contributed by atoms with Gasteiger partial charge in [-0.3, -0.25) is 9.59 Å². The maximum Gasteiger partial charge on any atom is 0.230 e. The number of amides is 2. The second-order valence-corrected chi connectivity index (χ2v) is 10.5. The van der Waals surface area contributed by atoms with E-state index in [9.17, 15) is 9.59 Å². The molecule has 2 aromatic rings. The van der Waals surface area contributed by atoms with Crippen LogP contribution in [0, 0.1) is 24.7 Å². The Kier molecular flexibility index (Phi) is 12.5. The number of para-hydroxylation sites is 2. The van der Waals surface area contributed by atoms with E-state index in [4.69, 9.17) is 15.2 Å². The van der Waals surface area contributed by atoms with Gasteiger partial charge in [0.1, 0.15) is 11.5 Å². The number of aryl methyl sites for hydroxylation is 2. The smallest absolute Gasteiger partial charge is 0.230 e. The summed E-state index contributed by atoms with van der Waals surface area (Å²) in [7, 11) is 0. The van der Waals surface area contributed by atoms with Gasteiger partial charge in [0.2, 0.25) is 11.8 Å². The summed E-state index contributed by atoms with van der Waals surface area (Å²) < 4.78 is 11.5. The van der Waals surface area contributed by atoms with Gasteiger partial charge in [-0.1, -0.05) is 65.3 Å². The highest BCUT2D eigenvalue weighted by Crippen LogP contribution is 2.29. The summed E-state index contributed by atoms with van der Waals surface area (Å²) in [5.41, 5.74) is 7.34. The van der Waals surface area contributed by atoms with Gasteiger partial charge in [0.25, 0.3) is 0 Å². The minimum Gasteiger partial charge on any atom is -0.493 e. The van der Waals surface area contributed by atoms with Gasteiger partial charge in [-0.25, -0.2) is 0 Å². The third-order valence-corrected chi connectivity index (χ3v) is 6.14. The molecule has 200 valence electrons. The monoisotopic (exact) mass is 498 g/mol. The van der Waals surface area contributed by atoms with Gasteiger partial charge in [-0.05, 0) is 69.4 Å². The number of ether oxygens (including phenoxy) is 2. The van der Waals surface area contributed by atoms with Crippen molar-refractivity contribution in [2.24, 2.45) is 16.6 Å². The number of hydrogen-bond donors (Lipinski definition) is 2. The van der Waals surface area contributed by atoms with Crippen LogP contribution < -0.4 is 20.5 Å². The van der Waals surface area contributed by atoms with Crippen molar-refractivity contribution in [3.63, 3.8) is 0 Å². The van der Waals surface area contributed by atoms with Crippen molar-refractivity contribution in [2.45, 2.75) is 81.1 Å². The standard InChI is InChI=1S/C23H31NO3.C7H15NO/c1-6-26-20-11-8-7-10-19(20)24-22(25)23(4,5)14-9-15-27-21-16-17(2)12-13-18(21)3;1-4-5-7(2,3)6(8)9/h7-8,10-13,16H,6,9,14-15H2,1-5H3,(H,24,25);4-5H2,1-3H3,(H2,8,9). The molecule has 0 radical (unpaired) electrons. The minimum atomic E-state index is -0.496. The van der Waals surface area contributed by atoms with Crippen molar-refractivity contribution in [1.82, 2.24) is 0 Å². The molecule has 3 N–H and O–H groups in total. The molecule has 0 bridgehead atoms. The lowest BCUT2D eigenvalue weighted by Crippen LogP contribution is -2.31. The van der Waals surface area contributed by atoms with Crippen molar-refractivity contribution in [2.75, 3.05) is 18.5 Å². The van der Waals surface area contributed by atoms with Gasteiger partial charge in [0.05, 0.1) is 18.9 Å². The van der Waals surface area contributed by atoms with Gasteiger partial charge in [-0.15, -0.1) is 0 Å². The molecule has 0 atom stereocenters. The van der Waals surface area contributed by atoms with Crippen LogP contribution >= 0.6 is 0 Å². The molecule has 0 fully saturated rings. The van der Waals surface area contributed by atoms with Crippen LogP contribution in [0.3, 0.4) is 0 Å². The van der Waals surface area contributed by atoms with E-state index >= 15 is 0 Å². The lowest BCUT2D eigenvalue weighted by Gasteiger charge is -2.24. The van der Waals surface area contributed by atoms with Gasteiger partial charge in [0.15, 0.2) is 0 Å². The second-order valence-electron chi connectivity index (χ2n) is 10.5. The molecule has 0 aliphatic rings. The van der Waals surface area contributed by atoms with Crippen LogP contribution in [0.1, 0.15) is 78.4 Å². The van der Waals surface area contributed by atoms with E-state index in [0.29, 0.717) is 24.7 Å². The number of hydrogen-bond acceptors (Lipinski definition) is 4. The molecule has 0 aromatic heterocycles. The van der Waals surface area contributed by atoms with Gasteiger partial charge < -0.3 is 20.5 Å². The first-order valence-electron chi connectivity index (χ1n) is 12.9. The van der Waals surface area contributed by atoms with Gasteiger partial charge in [-0.2, -0.15) is 0 Å². The van der Waals surface area contributed by atoms with Crippen molar-refractivity contribution in [3.05, 3.63) is 53.6 Å². The second kappa shape index (κ2) is 14.5. The highest BCUT2D eigenvalue weighted by Gasteiger charge is 2.28. The number of rotatable bonds is 12. The predicted molar refractivity (Wildman–Crippen MR) is 149 cm³/mol. The van der Waals surface area contributed by atoms with Crippen molar-refractivity contribution in [3.8, 4) is 11.5 Å². The Bertz CT molecular complexity index is 983. The van der Waals surface area contributed by atoms with Crippen LogP contribution in [0.5, 0.6) is 11.5 Å². The van der Waals surface area contributed by atoms with Crippen LogP contribution in [0.4, 0.5) is 5.69 Å². The molecule has 0 saturated carbocycles. The Hall–Kier alpha value is -3.02. The number of carbonyl (C=O) groups is 2. The Morgan fingerprint density at radius 3 is 2.14 bits per heavy atom. The summed E-state index contributed by atoms with van der Waals surface area (Å²) >= 11 is 0. The van der Waals surface area contributed by atoms with E-state index in [1.807, 2.05) is 72.7 Å². The maximum absolute atomic E-state index is 12.7. The summed E-state index contributed by atoms with van der Waals surface area (Å²) in [6.07, 6.45) is 3.43. The maximum atomic E-state index is 12.7. The zero-order valence-electron chi connectivity index (χ0n) is 23.5. The van der Waals surface area contributed by atoms with Crippen LogP contribution in [0.2, 0.25) is 0 Å². The molecule has 0 saturated heterocycles. The number of primary amides is 1. The molecule has 2 rings (SSSR count). The molecule has 0 aliphatic carbocycles. The molecule has 36 heavy (non-hydrogen) atoms. The van der Waals surface area contributed by atoms with E-state index < -0.39 is 5.41 Å². The number of benzene rings is 2. The lowest BCUT2D eigenvalue weighted by atomic mass is 9.87. The average molecular weight is 499 g/mol. The first-order valence-corrected chi connectivity index (χ1v) is 12.9.